The summed E-state index contributed by atoms with van der Waals surface area (Å²) >= 11 is 0. The van der Waals surface area contributed by atoms with Gasteiger partial charge in [-0.05, 0) is 51.1 Å². The molecule has 3 rings (SSSR count). The molecule has 0 bridgehead atoms. The third-order valence-electron chi connectivity index (χ3n) is 5.21. The molecule has 2 aromatic heterocycles. The van der Waals surface area contributed by atoms with Crippen molar-refractivity contribution in [1.82, 2.24) is 14.7 Å². The number of nitrogens with zero attached hydrogens (tertiary/aromatic N) is 1. The molecule has 8 nitrogen and oxygen atoms in total. The molecule has 2 aromatic rings. The predicted octanol–water partition coefficient (Wildman–Crippen LogP) is 2.65. The van der Waals surface area contributed by atoms with Gasteiger partial charge in [-0.1, -0.05) is 6.92 Å². The molecule has 0 unspecified atom stereocenters. The van der Waals surface area contributed by atoms with E-state index in [2.05, 4.69) is 20.0 Å². The molecule has 1 fully saturated rings. The molecule has 154 valence electrons. The average molecular weight is 409 g/mol. The molecule has 0 atom stereocenters. The molecule has 1 saturated carbocycles. The lowest BCUT2D eigenvalue weighted by Gasteiger charge is -2.30. The summed E-state index contributed by atoms with van der Waals surface area (Å²) in [6.45, 7) is 2.32. The van der Waals surface area contributed by atoms with E-state index >= 15 is 0 Å². The van der Waals surface area contributed by atoms with Gasteiger partial charge in [0.2, 0.25) is 10.0 Å². The van der Waals surface area contributed by atoms with E-state index in [1.54, 1.807) is 12.4 Å². The average Bonchev–Trinajstić information content (AvgIpc) is 3.17. The summed E-state index contributed by atoms with van der Waals surface area (Å²) in [7, 11) is -1.74. The first-order chi connectivity index (χ1) is 13.4. The van der Waals surface area contributed by atoms with E-state index in [-0.39, 0.29) is 23.7 Å². The number of hydrogen-bond acceptors (Lipinski definition) is 6. The number of esters is 1. The maximum Gasteiger partial charge on any atom is 0.341 e. The molecule has 9 heteroatoms. The molecule has 0 saturated heterocycles. The number of nitrogens with one attached hydrogen (secondary N) is 3. The monoisotopic (exact) mass is 408 g/mol. The number of ether oxygens (including phenoxy) is 1. The van der Waals surface area contributed by atoms with Gasteiger partial charge in [0.05, 0.1) is 18.0 Å². The fourth-order valence-corrected chi connectivity index (χ4v) is 4.78. The smallest absolute Gasteiger partial charge is 0.341 e. The maximum absolute atomic E-state index is 12.5. The largest absolute Gasteiger partial charge is 0.462 e. The Morgan fingerprint density at radius 2 is 2.07 bits per heavy atom. The van der Waals surface area contributed by atoms with Crippen LogP contribution in [0.4, 0.5) is 5.69 Å². The summed E-state index contributed by atoms with van der Waals surface area (Å²) in [4.78, 5) is 19.9. The topological polar surface area (TPSA) is 113 Å². The van der Waals surface area contributed by atoms with E-state index in [9.17, 15) is 13.2 Å². The van der Waals surface area contributed by atoms with E-state index in [1.807, 2.05) is 13.0 Å². The maximum atomic E-state index is 12.5. The van der Waals surface area contributed by atoms with E-state index in [1.165, 1.54) is 7.05 Å². The summed E-state index contributed by atoms with van der Waals surface area (Å²) < 4.78 is 31.3. The first-order valence-corrected chi connectivity index (χ1v) is 11.4. The second kappa shape index (κ2) is 8.91. The lowest BCUT2D eigenvalue weighted by atomic mass is 9.87. The number of fused-ring (bicyclic) bond motifs is 1. The van der Waals surface area contributed by atoms with Crippen LogP contribution < -0.4 is 10.0 Å². The first-order valence-electron chi connectivity index (χ1n) is 9.74. The van der Waals surface area contributed by atoms with Gasteiger partial charge in [-0.15, -0.1) is 0 Å². The van der Waals surface area contributed by atoms with E-state index in [0.29, 0.717) is 17.8 Å². The number of pyridine rings is 1. The van der Waals surface area contributed by atoms with Crippen molar-refractivity contribution in [2.75, 3.05) is 24.7 Å². The van der Waals surface area contributed by atoms with Crippen molar-refractivity contribution in [2.24, 2.45) is 5.92 Å². The standard InChI is InChI=1S/C19H28N4O4S/c1-3-10-27-19(24)16-11-22-18-15(8-9-21-18)17(16)23-14-6-4-13(5-7-14)12-28(25,26)20-2/h8-9,11,13-14,20H,3-7,10,12H2,1-2H3,(H2,21,22,23)/t13-,14-. The van der Waals surface area contributed by atoms with Crippen LogP contribution in [0.5, 0.6) is 0 Å². The molecule has 28 heavy (non-hydrogen) atoms. The van der Waals surface area contributed by atoms with Crippen LogP contribution in [0.3, 0.4) is 0 Å². The Balaban J connectivity index is 1.73. The van der Waals surface area contributed by atoms with Crippen molar-refractivity contribution >= 4 is 32.7 Å². The highest BCUT2D eigenvalue weighted by Gasteiger charge is 2.27. The van der Waals surface area contributed by atoms with Gasteiger partial charge in [0.1, 0.15) is 11.2 Å². The Hall–Kier alpha value is -2.13. The number of rotatable bonds is 8. The molecule has 0 radical (unpaired) electrons. The highest BCUT2D eigenvalue weighted by molar-refractivity contribution is 7.89. The SMILES string of the molecule is CCCOC(=O)c1cnc2[nH]ccc2c1N[C@H]1CC[C@H](CS(=O)(=O)NC)CC1. The van der Waals surface area contributed by atoms with Gasteiger partial charge in [0.25, 0.3) is 0 Å². The molecule has 3 N–H and O–H groups in total. The van der Waals surface area contributed by atoms with E-state index in [0.717, 1.165) is 43.2 Å². The number of sulfonamides is 1. The zero-order valence-electron chi connectivity index (χ0n) is 16.3. The van der Waals surface area contributed by atoms with Crippen molar-refractivity contribution in [1.29, 1.82) is 0 Å². The Morgan fingerprint density at radius 3 is 2.75 bits per heavy atom. The zero-order valence-corrected chi connectivity index (χ0v) is 17.1. The van der Waals surface area contributed by atoms with Crippen LogP contribution in [0, 0.1) is 5.92 Å². The highest BCUT2D eigenvalue weighted by Crippen LogP contribution is 2.32. The van der Waals surface area contributed by atoms with Crippen molar-refractivity contribution in [3.63, 3.8) is 0 Å². The summed E-state index contributed by atoms with van der Waals surface area (Å²) in [5.41, 5.74) is 1.88. The predicted molar refractivity (Wildman–Crippen MR) is 109 cm³/mol. The number of carbonyl (C=O) groups excluding carboxylic acids is 1. The minimum Gasteiger partial charge on any atom is -0.462 e. The minimum absolute atomic E-state index is 0.161. The molecule has 2 heterocycles. The van der Waals surface area contributed by atoms with Crippen LogP contribution >= 0.6 is 0 Å². The Kier molecular flexibility index (Phi) is 6.56. The van der Waals surface area contributed by atoms with Crippen LogP contribution in [-0.2, 0) is 14.8 Å². The Bertz CT molecular complexity index is 917. The third kappa shape index (κ3) is 4.82. The van der Waals surface area contributed by atoms with Gasteiger partial charge in [-0.25, -0.2) is 22.9 Å². The molecule has 0 aromatic carbocycles. The fourth-order valence-electron chi connectivity index (χ4n) is 3.66. The molecule has 1 aliphatic carbocycles. The van der Waals surface area contributed by atoms with Crippen LogP contribution in [0.25, 0.3) is 11.0 Å². The lowest BCUT2D eigenvalue weighted by molar-refractivity contribution is 0.0506. The molecule has 1 aliphatic rings. The molecule has 0 amide bonds. The number of aromatic amines is 1. The van der Waals surface area contributed by atoms with Crippen molar-refractivity contribution in [2.45, 2.75) is 45.1 Å². The van der Waals surface area contributed by atoms with Gasteiger partial charge < -0.3 is 15.0 Å². The number of aromatic nitrogens is 2. The Labute approximate surface area is 165 Å². The van der Waals surface area contributed by atoms with Gasteiger partial charge in [0.15, 0.2) is 0 Å². The second-order valence-electron chi connectivity index (χ2n) is 7.27. The Morgan fingerprint density at radius 1 is 1.32 bits per heavy atom. The number of carbonyl (C=O) groups is 1. The fraction of sp³-hybridized carbons (Fsp3) is 0.579. The number of hydrogen-bond donors (Lipinski definition) is 3. The summed E-state index contributed by atoms with van der Waals surface area (Å²) in [5, 5.41) is 4.36. The third-order valence-corrected chi connectivity index (χ3v) is 6.74. The lowest BCUT2D eigenvalue weighted by Crippen LogP contribution is -2.32. The van der Waals surface area contributed by atoms with Crippen LogP contribution in [0.2, 0.25) is 0 Å². The first kappa shape index (κ1) is 20.6. The quantitative estimate of drug-likeness (QED) is 0.579. The number of anilines is 1. The van der Waals surface area contributed by atoms with Crippen molar-refractivity contribution in [3.8, 4) is 0 Å². The normalized spacial score (nSPS) is 20.2. The second-order valence-corrected chi connectivity index (χ2v) is 9.24. The molecular weight excluding hydrogens is 380 g/mol. The molecule has 0 aliphatic heterocycles. The minimum atomic E-state index is -3.19. The van der Waals surface area contributed by atoms with Crippen LogP contribution in [0.15, 0.2) is 18.5 Å². The van der Waals surface area contributed by atoms with Gasteiger partial charge in [-0.2, -0.15) is 0 Å². The number of H-pyrrole nitrogens is 1. The highest BCUT2D eigenvalue weighted by atomic mass is 32.2. The zero-order chi connectivity index (χ0) is 20.1. The molecule has 0 spiro atoms. The van der Waals surface area contributed by atoms with Gasteiger partial charge in [-0.3, -0.25) is 0 Å². The van der Waals surface area contributed by atoms with Crippen molar-refractivity contribution in [3.05, 3.63) is 24.0 Å². The summed E-state index contributed by atoms with van der Waals surface area (Å²) in [5.74, 6) is -0.0507. The van der Waals surface area contributed by atoms with Crippen LogP contribution in [-0.4, -0.2) is 49.8 Å². The van der Waals surface area contributed by atoms with Gasteiger partial charge in [0, 0.05) is 23.8 Å². The van der Waals surface area contributed by atoms with Gasteiger partial charge >= 0.3 is 5.97 Å². The summed E-state index contributed by atoms with van der Waals surface area (Å²) in [6.07, 6.45) is 7.45. The van der Waals surface area contributed by atoms with Crippen molar-refractivity contribution < 1.29 is 17.9 Å². The van der Waals surface area contributed by atoms with E-state index in [4.69, 9.17) is 4.74 Å². The molecular formula is C19H28N4O4S. The summed E-state index contributed by atoms with van der Waals surface area (Å²) in [6, 6.07) is 2.07. The van der Waals surface area contributed by atoms with E-state index < -0.39 is 10.0 Å². The van der Waals surface area contributed by atoms with Crippen LogP contribution in [0.1, 0.15) is 49.4 Å².